The number of carbonyl (C=O) groups excluding carboxylic acids is 2. The first-order valence-electron chi connectivity index (χ1n) is 14.6. The largest absolute Gasteiger partial charge is 0.508 e. The second-order valence-electron chi connectivity index (χ2n) is 11.2. The Morgan fingerprint density at radius 1 is 0.500 bits per heavy atom. The third-order valence-corrected chi connectivity index (χ3v) is 9.08. The predicted octanol–water partition coefficient (Wildman–Crippen LogP) is 7.98. The molecule has 4 unspecified atom stereocenters. The first-order valence-corrected chi connectivity index (χ1v) is 15.5. The number of alkyl halides is 2. The number of benzene rings is 5. The van der Waals surface area contributed by atoms with E-state index in [0.717, 1.165) is 45.3 Å². The summed E-state index contributed by atoms with van der Waals surface area (Å²) in [4.78, 5) is 28.5. The van der Waals surface area contributed by atoms with Crippen molar-refractivity contribution in [3.05, 3.63) is 132 Å². The first-order chi connectivity index (χ1) is 22.3. The maximum Gasteiger partial charge on any atom is 0.248 e. The fraction of sp³-hybridized carbons (Fsp3) is 0.111. The second-order valence-corrected chi connectivity index (χ2v) is 12.2. The Morgan fingerprint density at radius 3 is 1.15 bits per heavy atom. The zero-order valence-electron chi connectivity index (χ0n) is 24.2. The molecule has 2 fully saturated rings. The Morgan fingerprint density at radius 2 is 0.826 bits per heavy atom. The van der Waals surface area contributed by atoms with Crippen molar-refractivity contribution in [1.82, 2.24) is 0 Å². The lowest BCUT2D eigenvalue weighted by Crippen LogP contribution is -2.56. The Balaban J connectivity index is 0.978. The number of aromatic hydroxyl groups is 2. The van der Waals surface area contributed by atoms with E-state index in [1.807, 2.05) is 84.9 Å². The van der Waals surface area contributed by atoms with Crippen LogP contribution in [0, 0.1) is 0 Å². The average Bonchev–Trinajstić information content (AvgIpc) is 3.07. The smallest absolute Gasteiger partial charge is 0.248 e. The van der Waals surface area contributed by atoms with Crippen LogP contribution in [0.1, 0.15) is 23.2 Å². The summed E-state index contributed by atoms with van der Waals surface area (Å²) in [5.41, 5.74) is 6.49. The van der Waals surface area contributed by atoms with Crippen molar-refractivity contribution in [2.45, 2.75) is 22.8 Å². The van der Waals surface area contributed by atoms with Gasteiger partial charge in [-0.15, -0.1) is 23.2 Å². The zero-order valence-corrected chi connectivity index (χ0v) is 25.7. The average molecular weight is 652 g/mol. The van der Waals surface area contributed by atoms with Gasteiger partial charge in [0.1, 0.15) is 22.3 Å². The highest BCUT2D eigenvalue weighted by molar-refractivity contribution is 6.38. The van der Waals surface area contributed by atoms with Gasteiger partial charge in [-0.25, -0.2) is 0 Å². The fourth-order valence-electron chi connectivity index (χ4n) is 5.92. The molecule has 0 aliphatic carbocycles. The molecule has 4 atom stereocenters. The number of hydrogen-bond acceptors (Lipinski definition) is 6. The third kappa shape index (κ3) is 5.46. The quantitative estimate of drug-likeness (QED) is 0.100. The molecule has 2 saturated heterocycles. The molecule has 5 aromatic rings. The number of phenolic OH excluding ortho intramolecular Hbond substituents is 2. The summed E-state index contributed by atoms with van der Waals surface area (Å²) in [6.07, 6.45) is 0. The molecule has 0 saturated carbocycles. The first kappa shape index (κ1) is 29.5. The van der Waals surface area contributed by atoms with E-state index in [0.29, 0.717) is 0 Å². The van der Waals surface area contributed by atoms with Gasteiger partial charge in [0.15, 0.2) is 0 Å². The summed E-state index contributed by atoms with van der Waals surface area (Å²) >= 11 is 12.7. The third-order valence-electron chi connectivity index (χ3n) is 8.23. The lowest BCUT2D eigenvalue weighted by molar-refractivity contribution is -0.124. The van der Waals surface area contributed by atoms with Crippen LogP contribution in [0.2, 0.25) is 0 Å². The predicted molar refractivity (Wildman–Crippen MR) is 182 cm³/mol. The van der Waals surface area contributed by atoms with Crippen LogP contribution >= 0.6 is 23.2 Å². The molecule has 230 valence electrons. The number of hydrogen-bond donors (Lipinski definition) is 4. The van der Waals surface area contributed by atoms with Crippen molar-refractivity contribution in [3.63, 3.8) is 0 Å². The summed E-state index contributed by atoms with van der Waals surface area (Å²) < 4.78 is 0. The van der Waals surface area contributed by atoms with Gasteiger partial charge in [-0.3, -0.25) is 9.59 Å². The van der Waals surface area contributed by atoms with Gasteiger partial charge in [0.2, 0.25) is 11.8 Å². The minimum Gasteiger partial charge on any atom is -0.508 e. The van der Waals surface area contributed by atoms with Gasteiger partial charge in [0.25, 0.3) is 0 Å². The van der Waals surface area contributed by atoms with Gasteiger partial charge in [0.05, 0.1) is 12.1 Å². The molecule has 0 radical (unpaired) electrons. The molecule has 7 rings (SSSR count). The van der Waals surface area contributed by atoms with Crippen molar-refractivity contribution in [1.29, 1.82) is 0 Å². The number of halogens is 2. The van der Waals surface area contributed by atoms with Crippen LogP contribution in [0.4, 0.5) is 34.1 Å². The number of rotatable bonds is 8. The van der Waals surface area contributed by atoms with E-state index in [1.165, 1.54) is 0 Å². The van der Waals surface area contributed by atoms with E-state index in [-0.39, 0.29) is 35.4 Å². The molecular weight excluding hydrogens is 623 g/mol. The number of β-lactam (4-membered cyclic amide) rings is 2. The van der Waals surface area contributed by atoms with Gasteiger partial charge in [0, 0.05) is 34.1 Å². The van der Waals surface area contributed by atoms with Crippen molar-refractivity contribution in [2.75, 3.05) is 20.4 Å². The second kappa shape index (κ2) is 12.0. The molecule has 4 N–H and O–H groups in total. The normalized spacial score (nSPS) is 20.6. The van der Waals surface area contributed by atoms with Crippen LogP contribution in [0.3, 0.4) is 0 Å². The van der Waals surface area contributed by atoms with Gasteiger partial charge in [-0.2, -0.15) is 0 Å². The van der Waals surface area contributed by atoms with Crippen LogP contribution in [-0.4, -0.2) is 32.8 Å². The molecule has 2 aliphatic rings. The highest BCUT2D eigenvalue weighted by atomic mass is 35.5. The van der Waals surface area contributed by atoms with Gasteiger partial charge < -0.3 is 30.6 Å². The molecule has 10 heteroatoms. The minimum atomic E-state index is -0.684. The van der Waals surface area contributed by atoms with E-state index < -0.39 is 10.8 Å². The lowest BCUT2D eigenvalue weighted by Gasteiger charge is -2.44. The number of carbonyl (C=O) groups is 2. The van der Waals surface area contributed by atoms with Crippen LogP contribution in [0.25, 0.3) is 0 Å². The lowest BCUT2D eigenvalue weighted by atomic mass is 9.92. The van der Waals surface area contributed by atoms with E-state index in [4.69, 9.17) is 23.2 Å². The molecule has 0 aromatic heterocycles. The van der Waals surface area contributed by atoms with Crippen molar-refractivity contribution < 1.29 is 19.8 Å². The van der Waals surface area contributed by atoms with Crippen LogP contribution in [-0.2, 0) is 9.59 Å². The van der Waals surface area contributed by atoms with E-state index in [1.54, 1.807) is 46.2 Å². The minimum absolute atomic E-state index is 0.130. The maximum atomic E-state index is 12.6. The number of nitrogens with zero attached hydrogens (tertiary/aromatic N) is 2. The monoisotopic (exact) mass is 650 g/mol. The molecular formula is C36H28Cl2N4O4. The molecule has 2 heterocycles. The van der Waals surface area contributed by atoms with Crippen molar-refractivity contribution in [3.8, 4) is 11.5 Å². The SMILES string of the molecule is O=C1C(Cl)C(c2cccc(O)c2)N1c1ccc(Nc2ccc(Nc3ccc(N4C(=O)C(Cl)C4c4cccc(O)c4)cc3)cc2)cc1. The van der Waals surface area contributed by atoms with Crippen LogP contribution in [0.15, 0.2) is 121 Å². The summed E-state index contributed by atoms with van der Waals surface area (Å²) in [5, 5.41) is 25.1. The van der Waals surface area contributed by atoms with Gasteiger partial charge >= 0.3 is 0 Å². The number of phenols is 2. The summed E-state index contributed by atoms with van der Waals surface area (Å²) in [5.74, 6) is -0.0948. The Labute approximate surface area is 275 Å². The highest BCUT2D eigenvalue weighted by Gasteiger charge is 2.49. The van der Waals surface area contributed by atoms with Gasteiger partial charge in [-0.1, -0.05) is 24.3 Å². The van der Waals surface area contributed by atoms with E-state index in [9.17, 15) is 19.8 Å². The summed E-state index contributed by atoms with van der Waals surface area (Å²) in [6.45, 7) is 0. The van der Waals surface area contributed by atoms with Crippen molar-refractivity contribution >= 4 is 69.1 Å². The molecule has 46 heavy (non-hydrogen) atoms. The molecule has 8 nitrogen and oxygen atoms in total. The molecule has 0 spiro atoms. The molecule has 0 bridgehead atoms. The molecule has 2 amide bonds. The summed E-state index contributed by atoms with van der Waals surface area (Å²) in [7, 11) is 0. The topological polar surface area (TPSA) is 105 Å². The molecule has 2 aliphatic heterocycles. The van der Waals surface area contributed by atoms with E-state index in [2.05, 4.69) is 10.6 Å². The van der Waals surface area contributed by atoms with Crippen LogP contribution in [0.5, 0.6) is 11.5 Å². The Hall–Kier alpha value is -5.18. The zero-order chi connectivity index (χ0) is 31.9. The Bertz CT molecular complexity index is 1780. The molecule has 5 aromatic carbocycles. The van der Waals surface area contributed by atoms with E-state index >= 15 is 0 Å². The Kier molecular flexibility index (Phi) is 7.68. The van der Waals surface area contributed by atoms with Gasteiger partial charge in [-0.05, 0) is 108 Å². The number of nitrogens with one attached hydrogen (secondary N) is 2. The fourth-order valence-corrected chi connectivity index (χ4v) is 6.64. The highest BCUT2D eigenvalue weighted by Crippen LogP contribution is 2.44. The van der Waals surface area contributed by atoms with Crippen LogP contribution < -0.4 is 20.4 Å². The standard InChI is InChI=1S/C36H28Cl2N4O4/c37-31-33(21-3-1-5-29(43)19-21)41(35(31)45)27-15-11-25(12-16-27)39-23-7-9-24(10-8-23)40-26-13-17-28(18-14-26)42-34(32(38)36(42)46)22-4-2-6-30(44)20-22/h1-20,31-34,39-40,43-44H. The number of anilines is 6. The summed E-state index contributed by atoms with van der Waals surface area (Å²) in [6, 6.07) is 35.8. The van der Waals surface area contributed by atoms with Crippen molar-refractivity contribution in [2.24, 2.45) is 0 Å². The maximum absolute atomic E-state index is 12.6. The number of amides is 2.